The average molecular weight is 335 g/mol. The van der Waals surface area contributed by atoms with Gasteiger partial charge in [0, 0.05) is 32.2 Å². The summed E-state index contributed by atoms with van der Waals surface area (Å²) in [6.07, 6.45) is -0.313. The molecule has 5 nitrogen and oxygen atoms in total. The lowest BCUT2D eigenvalue weighted by Crippen LogP contribution is -2.36. The van der Waals surface area contributed by atoms with Crippen molar-refractivity contribution in [3.8, 4) is 0 Å². The highest BCUT2D eigenvalue weighted by molar-refractivity contribution is 7.89. The fraction of sp³-hybridized carbons (Fsp3) is 0.571. The van der Waals surface area contributed by atoms with Crippen molar-refractivity contribution in [3.63, 3.8) is 0 Å². The van der Waals surface area contributed by atoms with E-state index in [0.29, 0.717) is 13.1 Å². The molecule has 3 atom stereocenters. The van der Waals surface area contributed by atoms with Crippen molar-refractivity contribution in [2.75, 3.05) is 26.0 Å². The highest BCUT2D eigenvalue weighted by Crippen LogP contribution is 2.28. The Morgan fingerprint density at radius 3 is 2.52 bits per heavy atom. The number of rotatable bonds is 5. The van der Waals surface area contributed by atoms with Crippen LogP contribution >= 0.6 is 12.4 Å². The summed E-state index contributed by atoms with van der Waals surface area (Å²) in [4.78, 5) is 0. The predicted molar refractivity (Wildman–Crippen MR) is 86.2 cm³/mol. The number of sulfonamides is 1. The van der Waals surface area contributed by atoms with Gasteiger partial charge in [-0.15, -0.1) is 12.4 Å². The van der Waals surface area contributed by atoms with E-state index < -0.39 is 10.0 Å². The van der Waals surface area contributed by atoms with Crippen LogP contribution in [0.2, 0.25) is 0 Å². The number of halogens is 1. The minimum Gasteiger partial charge on any atom is -0.381 e. The molecule has 0 amide bonds. The average Bonchev–Trinajstić information content (AvgIpc) is 2.82. The van der Waals surface area contributed by atoms with E-state index in [1.807, 2.05) is 30.3 Å². The Morgan fingerprint density at radius 2 is 1.95 bits per heavy atom. The van der Waals surface area contributed by atoms with Crippen LogP contribution in [0.3, 0.4) is 0 Å². The second kappa shape index (κ2) is 7.56. The zero-order valence-corrected chi connectivity index (χ0v) is 13.9. The molecule has 0 aliphatic carbocycles. The zero-order chi connectivity index (χ0) is 14.8. The first-order chi connectivity index (χ1) is 9.44. The topological polar surface area (TPSA) is 72.6 Å². The van der Waals surface area contributed by atoms with Crippen LogP contribution in [0.15, 0.2) is 30.3 Å². The van der Waals surface area contributed by atoms with E-state index in [1.165, 1.54) is 11.4 Å². The van der Waals surface area contributed by atoms with Gasteiger partial charge in [-0.1, -0.05) is 30.3 Å². The molecular weight excluding hydrogens is 312 g/mol. The van der Waals surface area contributed by atoms with Crippen LogP contribution in [0.4, 0.5) is 0 Å². The zero-order valence-electron chi connectivity index (χ0n) is 12.3. The van der Waals surface area contributed by atoms with Gasteiger partial charge in [-0.3, -0.25) is 0 Å². The molecule has 7 heteroatoms. The van der Waals surface area contributed by atoms with Gasteiger partial charge in [-0.2, -0.15) is 4.31 Å². The third-order valence-corrected chi connectivity index (χ3v) is 5.78. The number of nitrogens with two attached hydrogens (primary N) is 1. The number of ether oxygens (including phenoxy) is 1. The molecule has 0 aromatic heterocycles. The van der Waals surface area contributed by atoms with Gasteiger partial charge in [0.1, 0.15) is 0 Å². The summed E-state index contributed by atoms with van der Waals surface area (Å²) in [7, 11) is -1.80. The van der Waals surface area contributed by atoms with Crippen LogP contribution < -0.4 is 5.73 Å². The highest BCUT2D eigenvalue weighted by Gasteiger charge is 2.37. The van der Waals surface area contributed by atoms with E-state index >= 15 is 0 Å². The van der Waals surface area contributed by atoms with Crippen LogP contribution in [0, 0.1) is 0 Å². The van der Waals surface area contributed by atoms with Gasteiger partial charge in [0.15, 0.2) is 0 Å². The Bertz CT molecular complexity index is 538. The van der Waals surface area contributed by atoms with Gasteiger partial charge >= 0.3 is 0 Å². The lowest BCUT2D eigenvalue weighted by molar-refractivity contribution is 0.135. The lowest BCUT2D eigenvalue weighted by atomic mass is 9.95. The first kappa shape index (κ1) is 18.4. The molecule has 1 aliphatic rings. The summed E-state index contributed by atoms with van der Waals surface area (Å²) < 4.78 is 31.2. The van der Waals surface area contributed by atoms with E-state index in [2.05, 4.69) is 0 Å². The summed E-state index contributed by atoms with van der Waals surface area (Å²) in [5.74, 6) is 0.0568. The fourth-order valence-electron chi connectivity index (χ4n) is 2.54. The summed E-state index contributed by atoms with van der Waals surface area (Å²) in [5, 5.41) is 0. The third kappa shape index (κ3) is 4.40. The first-order valence-corrected chi connectivity index (χ1v) is 8.36. The largest absolute Gasteiger partial charge is 0.381 e. The van der Waals surface area contributed by atoms with Gasteiger partial charge in [0.25, 0.3) is 0 Å². The van der Waals surface area contributed by atoms with Gasteiger partial charge in [-0.05, 0) is 12.5 Å². The van der Waals surface area contributed by atoms with Crippen LogP contribution in [0.1, 0.15) is 18.4 Å². The second-order valence-corrected chi connectivity index (χ2v) is 7.34. The minimum absolute atomic E-state index is 0. The number of hydrogen-bond acceptors (Lipinski definition) is 4. The minimum atomic E-state index is -3.32. The SMILES string of the molecule is COC(C)CS(=O)(=O)N1C[C@@H](N)[C@H](c2ccccc2)C1.Cl. The molecule has 1 saturated heterocycles. The van der Waals surface area contributed by atoms with Crippen LogP contribution in [0.5, 0.6) is 0 Å². The molecule has 2 rings (SSSR count). The van der Waals surface area contributed by atoms with Gasteiger partial charge in [0.2, 0.25) is 10.0 Å². The molecule has 120 valence electrons. The summed E-state index contributed by atoms with van der Waals surface area (Å²) in [6.45, 7) is 2.57. The molecule has 21 heavy (non-hydrogen) atoms. The second-order valence-electron chi connectivity index (χ2n) is 5.32. The van der Waals surface area contributed by atoms with Gasteiger partial charge < -0.3 is 10.5 Å². The number of methoxy groups -OCH3 is 1. The Hall–Kier alpha value is -0.660. The molecule has 0 radical (unpaired) electrons. The smallest absolute Gasteiger partial charge is 0.216 e. The molecule has 0 bridgehead atoms. The summed E-state index contributed by atoms with van der Waals surface area (Å²) >= 11 is 0. The molecule has 1 fully saturated rings. The fourth-order valence-corrected chi connectivity index (χ4v) is 4.27. The van der Waals surface area contributed by atoms with Crippen LogP contribution in [-0.2, 0) is 14.8 Å². The number of benzene rings is 1. The molecule has 0 spiro atoms. The van der Waals surface area contributed by atoms with E-state index in [4.69, 9.17) is 10.5 Å². The Labute approximate surface area is 132 Å². The van der Waals surface area contributed by atoms with Crippen molar-refractivity contribution in [1.29, 1.82) is 0 Å². The molecule has 2 N–H and O–H groups in total. The standard InChI is InChI=1S/C14H22N2O3S.ClH/c1-11(19-2)10-20(17,18)16-8-13(14(15)9-16)12-6-4-3-5-7-12;/h3-7,11,13-14H,8-10,15H2,1-2H3;1H/t11?,13-,14+;/m0./s1. The number of hydrogen-bond donors (Lipinski definition) is 1. The lowest BCUT2D eigenvalue weighted by Gasteiger charge is -2.18. The van der Waals surface area contributed by atoms with Gasteiger partial charge in [0.05, 0.1) is 11.9 Å². The van der Waals surface area contributed by atoms with E-state index in [-0.39, 0.29) is 36.2 Å². The molecule has 1 unspecified atom stereocenters. The maximum absolute atomic E-state index is 12.3. The summed E-state index contributed by atoms with van der Waals surface area (Å²) in [6, 6.07) is 9.68. The van der Waals surface area contributed by atoms with Crippen LogP contribution in [-0.4, -0.2) is 50.8 Å². The Morgan fingerprint density at radius 1 is 1.33 bits per heavy atom. The molecule has 1 heterocycles. The Balaban J connectivity index is 0.00000220. The van der Waals surface area contributed by atoms with Crippen molar-refractivity contribution in [1.82, 2.24) is 4.31 Å². The number of nitrogens with zero attached hydrogens (tertiary/aromatic N) is 1. The molecule has 1 aromatic rings. The van der Waals surface area contributed by atoms with Crippen molar-refractivity contribution < 1.29 is 13.2 Å². The van der Waals surface area contributed by atoms with Gasteiger partial charge in [-0.25, -0.2) is 8.42 Å². The highest BCUT2D eigenvalue weighted by atomic mass is 35.5. The van der Waals surface area contributed by atoms with E-state index in [0.717, 1.165) is 5.56 Å². The van der Waals surface area contributed by atoms with E-state index in [9.17, 15) is 8.42 Å². The first-order valence-electron chi connectivity index (χ1n) is 6.75. The molecule has 1 aromatic carbocycles. The maximum atomic E-state index is 12.3. The van der Waals surface area contributed by atoms with E-state index in [1.54, 1.807) is 6.92 Å². The molecule has 1 aliphatic heterocycles. The quantitative estimate of drug-likeness (QED) is 0.878. The monoisotopic (exact) mass is 334 g/mol. The van der Waals surface area contributed by atoms with Crippen molar-refractivity contribution in [2.45, 2.75) is 25.0 Å². The third-order valence-electron chi connectivity index (χ3n) is 3.80. The normalized spacial score (nSPS) is 24.5. The molecule has 0 saturated carbocycles. The predicted octanol–water partition coefficient (Wildman–Crippen LogP) is 1.20. The van der Waals surface area contributed by atoms with Crippen molar-refractivity contribution in [3.05, 3.63) is 35.9 Å². The summed E-state index contributed by atoms with van der Waals surface area (Å²) in [5.41, 5.74) is 7.22. The van der Waals surface area contributed by atoms with Crippen molar-refractivity contribution >= 4 is 22.4 Å². The van der Waals surface area contributed by atoms with Crippen LogP contribution in [0.25, 0.3) is 0 Å². The Kier molecular flexibility index (Phi) is 6.62. The molecular formula is C14H23ClN2O3S. The van der Waals surface area contributed by atoms with Crippen molar-refractivity contribution in [2.24, 2.45) is 5.73 Å². The maximum Gasteiger partial charge on any atom is 0.216 e.